The summed E-state index contributed by atoms with van der Waals surface area (Å²) < 4.78 is 13.4. The largest absolute Gasteiger partial charge is 0.458 e. The molecule has 4 heteroatoms. The van der Waals surface area contributed by atoms with Crippen molar-refractivity contribution >= 4 is 56.4 Å². The van der Waals surface area contributed by atoms with Crippen molar-refractivity contribution in [1.29, 1.82) is 0 Å². The number of hydrogen-bond donors (Lipinski definition) is 1. The molecule has 0 fully saturated rings. The van der Waals surface area contributed by atoms with E-state index < -0.39 is 0 Å². The summed E-state index contributed by atoms with van der Waals surface area (Å²) in [7, 11) is 0. The third kappa shape index (κ3) is 3.18. The Labute approximate surface area is 230 Å². The standard InChI is InChI=1S/C35H34BNO2/c1-34(2,3)20-11-14-25-24(18-20)36-30-27(38-28-15-13-23(35(4,5)6)32(37-25)31(28)36)17-16-26-29(30)22-12-10-19-8-7-9-21(19)33(22)39-26/h10-18,37H,7-9H2,1-6H3. The number of fused-ring (bicyclic) bond motifs is 10. The molecule has 0 radical (unpaired) electrons. The highest BCUT2D eigenvalue weighted by Crippen LogP contribution is 2.42. The van der Waals surface area contributed by atoms with E-state index in [0.29, 0.717) is 0 Å². The second-order valence-electron chi connectivity index (χ2n) is 13.7. The van der Waals surface area contributed by atoms with Gasteiger partial charge in [0, 0.05) is 22.1 Å². The second-order valence-corrected chi connectivity index (χ2v) is 13.7. The number of benzene rings is 4. The van der Waals surface area contributed by atoms with E-state index in [-0.39, 0.29) is 17.5 Å². The first-order valence-corrected chi connectivity index (χ1v) is 14.4. The normalized spacial score (nSPS) is 15.5. The van der Waals surface area contributed by atoms with Crippen molar-refractivity contribution in [1.82, 2.24) is 0 Å². The summed E-state index contributed by atoms with van der Waals surface area (Å²) in [5, 5.41) is 6.29. The maximum atomic E-state index is 6.74. The first-order valence-electron chi connectivity index (χ1n) is 14.4. The van der Waals surface area contributed by atoms with Crippen molar-refractivity contribution in [2.75, 3.05) is 5.32 Å². The van der Waals surface area contributed by atoms with E-state index in [2.05, 4.69) is 101 Å². The molecule has 5 aromatic rings. The number of furan rings is 1. The molecular formula is C35H34BNO2. The Balaban J connectivity index is 1.50. The van der Waals surface area contributed by atoms with E-state index >= 15 is 0 Å². The topological polar surface area (TPSA) is 34.4 Å². The molecule has 39 heavy (non-hydrogen) atoms. The number of anilines is 2. The molecular weight excluding hydrogens is 477 g/mol. The molecule has 0 amide bonds. The molecule has 0 saturated heterocycles. The van der Waals surface area contributed by atoms with E-state index in [0.717, 1.165) is 35.5 Å². The molecule has 1 aliphatic carbocycles. The summed E-state index contributed by atoms with van der Waals surface area (Å²) in [5.41, 5.74) is 13.7. The van der Waals surface area contributed by atoms with Gasteiger partial charge in [-0.1, -0.05) is 71.9 Å². The predicted molar refractivity (Wildman–Crippen MR) is 164 cm³/mol. The minimum Gasteiger partial charge on any atom is -0.458 e. The van der Waals surface area contributed by atoms with Gasteiger partial charge in [-0.3, -0.25) is 0 Å². The number of rotatable bonds is 0. The number of hydrogen-bond acceptors (Lipinski definition) is 3. The monoisotopic (exact) mass is 511 g/mol. The van der Waals surface area contributed by atoms with Crippen molar-refractivity contribution in [3.05, 3.63) is 76.9 Å². The molecule has 0 unspecified atom stereocenters. The van der Waals surface area contributed by atoms with Crippen LogP contribution in [0.15, 0.2) is 59.0 Å². The number of ether oxygens (including phenoxy) is 1. The van der Waals surface area contributed by atoms with Crippen LogP contribution in [-0.2, 0) is 23.7 Å². The zero-order chi connectivity index (χ0) is 26.8. The van der Waals surface area contributed by atoms with Gasteiger partial charge in [0.15, 0.2) is 0 Å². The van der Waals surface area contributed by atoms with Gasteiger partial charge in [-0.15, -0.1) is 0 Å². The average Bonchev–Trinajstić information content (AvgIpc) is 3.51. The van der Waals surface area contributed by atoms with E-state index in [1.54, 1.807) is 0 Å². The lowest BCUT2D eigenvalue weighted by atomic mass is 9.33. The third-order valence-corrected chi connectivity index (χ3v) is 9.18. The predicted octanol–water partition coefficient (Wildman–Crippen LogP) is 7.35. The Morgan fingerprint density at radius 1 is 0.795 bits per heavy atom. The van der Waals surface area contributed by atoms with Gasteiger partial charge in [0.2, 0.25) is 0 Å². The quantitative estimate of drug-likeness (QED) is 0.216. The lowest BCUT2D eigenvalue weighted by Crippen LogP contribution is -2.59. The Morgan fingerprint density at radius 3 is 2.38 bits per heavy atom. The van der Waals surface area contributed by atoms with Gasteiger partial charge in [0.1, 0.15) is 22.7 Å². The van der Waals surface area contributed by atoms with Gasteiger partial charge < -0.3 is 14.5 Å². The summed E-state index contributed by atoms with van der Waals surface area (Å²) in [6.07, 6.45) is 3.45. The molecule has 3 aliphatic rings. The lowest BCUT2D eigenvalue weighted by molar-refractivity contribution is 0.487. The summed E-state index contributed by atoms with van der Waals surface area (Å²) in [6.45, 7) is 13.8. The zero-order valence-corrected chi connectivity index (χ0v) is 23.7. The van der Waals surface area contributed by atoms with Crippen molar-refractivity contribution < 1.29 is 9.15 Å². The first-order chi connectivity index (χ1) is 18.6. The van der Waals surface area contributed by atoms with Gasteiger partial charge in [-0.25, -0.2) is 0 Å². The Kier molecular flexibility index (Phi) is 4.47. The molecule has 0 bridgehead atoms. The third-order valence-electron chi connectivity index (χ3n) is 9.18. The highest BCUT2D eigenvalue weighted by molar-refractivity contribution is 7.00. The molecule has 0 saturated carbocycles. The van der Waals surface area contributed by atoms with E-state index in [1.807, 2.05) is 0 Å². The first kappa shape index (κ1) is 23.3. The molecule has 194 valence electrons. The molecule has 1 N–H and O–H groups in total. The molecule has 1 aromatic heterocycles. The van der Waals surface area contributed by atoms with Crippen LogP contribution in [0.1, 0.15) is 70.2 Å². The van der Waals surface area contributed by atoms with Crippen LogP contribution >= 0.6 is 0 Å². The van der Waals surface area contributed by atoms with Gasteiger partial charge in [-0.2, -0.15) is 0 Å². The van der Waals surface area contributed by atoms with Crippen LogP contribution in [0.2, 0.25) is 0 Å². The maximum absolute atomic E-state index is 6.74. The fourth-order valence-electron chi connectivity index (χ4n) is 7.20. The van der Waals surface area contributed by atoms with Crippen LogP contribution in [0.3, 0.4) is 0 Å². The van der Waals surface area contributed by atoms with E-state index in [1.165, 1.54) is 67.2 Å². The smallest absolute Gasteiger partial charge is 0.257 e. The number of aryl methyl sites for hydroxylation is 2. The highest BCUT2D eigenvalue weighted by Gasteiger charge is 2.43. The van der Waals surface area contributed by atoms with Crippen molar-refractivity contribution in [3.63, 3.8) is 0 Å². The molecule has 4 aromatic carbocycles. The van der Waals surface area contributed by atoms with Crippen LogP contribution in [0.4, 0.5) is 11.4 Å². The molecule has 0 spiro atoms. The average molecular weight is 511 g/mol. The molecule has 8 rings (SSSR count). The SMILES string of the molecule is CC(C)(C)c1ccc2c(c1)B1c3c(ccc(C(C)(C)C)c3N2)Oc2ccc3oc4c5c(ccc4c3c21)CCC5. The fourth-order valence-corrected chi connectivity index (χ4v) is 7.20. The van der Waals surface area contributed by atoms with Crippen LogP contribution in [0, 0.1) is 0 Å². The van der Waals surface area contributed by atoms with E-state index in [4.69, 9.17) is 9.15 Å². The fraction of sp³-hybridized carbons (Fsp3) is 0.314. The van der Waals surface area contributed by atoms with Gasteiger partial charge in [-0.05, 0) is 93.0 Å². The number of nitrogens with one attached hydrogen (secondary N) is 1. The summed E-state index contributed by atoms with van der Waals surface area (Å²) in [6, 6.07) is 20.3. The maximum Gasteiger partial charge on any atom is 0.257 e. The molecule has 3 nitrogen and oxygen atoms in total. The van der Waals surface area contributed by atoms with Crippen molar-refractivity contribution in [3.8, 4) is 11.5 Å². The Morgan fingerprint density at radius 2 is 1.59 bits per heavy atom. The molecule has 0 atom stereocenters. The van der Waals surface area contributed by atoms with Gasteiger partial charge >= 0.3 is 0 Å². The van der Waals surface area contributed by atoms with E-state index in [9.17, 15) is 0 Å². The van der Waals surface area contributed by atoms with Crippen molar-refractivity contribution in [2.45, 2.75) is 71.6 Å². The van der Waals surface area contributed by atoms with Gasteiger partial charge in [0.25, 0.3) is 6.71 Å². The molecule has 2 aliphatic heterocycles. The van der Waals surface area contributed by atoms with Crippen LogP contribution in [0.25, 0.3) is 21.9 Å². The minimum atomic E-state index is -0.0139. The zero-order valence-electron chi connectivity index (χ0n) is 23.7. The molecule has 3 heterocycles. The minimum absolute atomic E-state index is 0.0139. The lowest BCUT2D eigenvalue weighted by Gasteiger charge is -2.38. The Bertz CT molecular complexity index is 1870. The Hall–Kier alpha value is -3.66. The van der Waals surface area contributed by atoms with Crippen LogP contribution in [-0.4, -0.2) is 6.71 Å². The van der Waals surface area contributed by atoms with Crippen molar-refractivity contribution in [2.24, 2.45) is 0 Å². The van der Waals surface area contributed by atoms with Crippen LogP contribution in [0.5, 0.6) is 11.5 Å². The summed E-state index contributed by atoms with van der Waals surface area (Å²) in [5.74, 6) is 1.88. The van der Waals surface area contributed by atoms with Gasteiger partial charge in [0.05, 0.1) is 0 Å². The summed E-state index contributed by atoms with van der Waals surface area (Å²) >= 11 is 0. The summed E-state index contributed by atoms with van der Waals surface area (Å²) in [4.78, 5) is 0. The van der Waals surface area contributed by atoms with Crippen LogP contribution < -0.4 is 26.4 Å². The highest BCUT2D eigenvalue weighted by atomic mass is 16.5. The second kappa shape index (κ2) is 7.50.